The molecule has 1 N–H and O–H groups in total. The van der Waals surface area contributed by atoms with Crippen molar-refractivity contribution in [1.82, 2.24) is 19.9 Å². The van der Waals surface area contributed by atoms with Crippen molar-refractivity contribution in [3.63, 3.8) is 0 Å². The van der Waals surface area contributed by atoms with E-state index in [9.17, 15) is 4.79 Å². The molecule has 0 aliphatic heterocycles. The molecule has 0 saturated carbocycles. The number of hydrogen-bond donors (Lipinski definition) is 1. The van der Waals surface area contributed by atoms with Gasteiger partial charge in [0.25, 0.3) is 5.91 Å². The van der Waals surface area contributed by atoms with E-state index in [1.807, 2.05) is 31.2 Å². The third-order valence-electron chi connectivity index (χ3n) is 4.15. The summed E-state index contributed by atoms with van der Waals surface area (Å²) in [5.41, 5.74) is 3.56. The number of fused-ring (bicyclic) bond motifs is 2. The first-order valence-electron chi connectivity index (χ1n) is 7.70. The van der Waals surface area contributed by atoms with Gasteiger partial charge < -0.3 is 9.73 Å². The maximum atomic E-state index is 12.6. The first kappa shape index (κ1) is 14.4. The second kappa shape index (κ2) is 5.49. The molecule has 0 atom stereocenters. The van der Waals surface area contributed by atoms with Crippen LogP contribution in [0.25, 0.3) is 16.6 Å². The molecule has 0 fully saturated rings. The molecule has 3 heterocycles. The molecular weight excluding hydrogens is 304 g/mol. The van der Waals surface area contributed by atoms with Gasteiger partial charge in [-0.15, -0.1) is 0 Å². The average Bonchev–Trinajstić information content (AvgIpc) is 3.09. The molecule has 0 bridgehead atoms. The van der Waals surface area contributed by atoms with Crippen LogP contribution in [0.15, 0.2) is 47.1 Å². The highest BCUT2D eigenvalue weighted by Gasteiger charge is 2.19. The number of para-hydroxylation sites is 1. The minimum Gasteiger partial charge on any atom is -0.459 e. The van der Waals surface area contributed by atoms with Crippen LogP contribution in [0.2, 0.25) is 0 Å². The fourth-order valence-electron chi connectivity index (χ4n) is 2.90. The Labute approximate surface area is 138 Å². The lowest BCUT2D eigenvalue weighted by Crippen LogP contribution is -2.23. The standard InChI is InChI=1S/C18H16N4O2/c1-11-13-6-3-4-7-14(13)24-15(11)10-20-18(23)16-12(2)21-22-9-5-8-19-17(16)22/h3-9H,10H2,1-2H3,(H,20,23). The topological polar surface area (TPSA) is 72.4 Å². The molecule has 0 spiro atoms. The lowest BCUT2D eigenvalue weighted by molar-refractivity contribution is 0.0949. The van der Waals surface area contributed by atoms with Crippen molar-refractivity contribution in [3.05, 3.63) is 65.3 Å². The third kappa shape index (κ3) is 2.23. The summed E-state index contributed by atoms with van der Waals surface area (Å²) >= 11 is 0. The van der Waals surface area contributed by atoms with Crippen LogP contribution >= 0.6 is 0 Å². The largest absolute Gasteiger partial charge is 0.459 e. The SMILES string of the molecule is Cc1nn2cccnc2c1C(=O)NCc1oc2ccccc2c1C. The zero-order valence-electron chi connectivity index (χ0n) is 13.4. The van der Waals surface area contributed by atoms with Crippen LogP contribution < -0.4 is 5.32 Å². The molecule has 6 heteroatoms. The molecular formula is C18H16N4O2. The van der Waals surface area contributed by atoms with Gasteiger partial charge in [0.05, 0.1) is 12.2 Å². The van der Waals surface area contributed by atoms with E-state index in [0.29, 0.717) is 23.4 Å². The Bertz CT molecular complexity index is 1060. The predicted molar refractivity (Wildman–Crippen MR) is 89.8 cm³/mol. The maximum Gasteiger partial charge on any atom is 0.257 e. The Hall–Kier alpha value is -3.15. The number of carbonyl (C=O) groups excluding carboxylic acids is 1. The molecule has 0 unspecified atom stereocenters. The number of aryl methyl sites for hydroxylation is 2. The normalized spacial score (nSPS) is 11.2. The second-order valence-electron chi connectivity index (χ2n) is 5.68. The zero-order chi connectivity index (χ0) is 16.7. The summed E-state index contributed by atoms with van der Waals surface area (Å²) in [4.78, 5) is 16.8. The van der Waals surface area contributed by atoms with Crippen molar-refractivity contribution in [2.24, 2.45) is 0 Å². The van der Waals surface area contributed by atoms with E-state index in [0.717, 1.165) is 22.3 Å². The Morgan fingerprint density at radius 1 is 1.25 bits per heavy atom. The molecule has 0 aliphatic rings. The highest BCUT2D eigenvalue weighted by Crippen LogP contribution is 2.24. The second-order valence-corrected chi connectivity index (χ2v) is 5.68. The predicted octanol–water partition coefficient (Wildman–Crippen LogP) is 3.02. The summed E-state index contributed by atoms with van der Waals surface area (Å²) in [6.45, 7) is 4.12. The summed E-state index contributed by atoms with van der Waals surface area (Å²) in [5.74, 6) is 0.549. The van der Waals surface area contributed by atoms with E-state index < -0.39 is 0 Å². The summed E-state index contributed by atoms with van der Waals surface area (Å²) in [5, 5.41) is 8.29. The highest BCUT2D eigenvalue weighted by molar-refractivity contribution is 6.01. The Kier molecular flexibility index (Phi) is 3.30. The number of nitrogens with one attached hydrogen (secondary N) is 1. The van der Waals surface area contributed by atoms with Gasteiger partial charge in [0, 0.05) is 23.3 Å². The number of furan rings is 1. The van der Waals surface area contributed by atoms with Crippen LogP contribution in [0.3, 0.4) is 0 Å². The van der Waals surface area contributed by atoms with Crippen molar-refractivity contribution in [3.8, 4) is 0 Å². The fourth-order valence-corrected chi connectivity index (χ4v) is 2.90. The van der Waals surface area contributed by atoms with Crippen LogP contribution in [0.1, 0.15) is 27.4 Å². The van der Waals surface area contributed by atoms with Crippen molar-refractivity contribution >= 4 is 22.5 Å². The van der Waals surface area contributed by atoms with Gasteiger partial charge in [-0.3, -0.25) is 4.79 Å². The summed E-state index contributed by atoms with van der Waals surface area (Å²) < 4.78 is 7.44. The zero-order valence-corrected chi connectivity index (χ0v) is 13.4. The Balaban J connectivity index is 1.62. The Morgan fingerprint density at radius 2 is 2.08 bits per heavy atom. The molecule has 0 aliphatic carbocycles. The average molecular weight is 320 g/mol. The van der Waals surface area contributed by atoms with Gasteiger partial charge in [-0.2, -0.15) is 5.10 Å². The maximum absolute atomic E-state index is 12.6. The molecule has 4 aromatic rings. The quantitative estimate of drug-likeness (QED) is 0.630. The van der Waals surface area contributed by atoms with Crippen molar-refractivity contribution in [2.75, 3.05) is 0 Å². The van der Waals surface area contributed by atoms with Gasteiger partial charge in [-0.1, -0.05) is 18.2 Å². The monoisotopic (exact) mass is 320 g/mol. The molecule has 1 aromatic carbocycles. The van der Waals surface area contributed by atoms with E-state index in [2.05, 4.69) is 15.4 Å². The van der Waals surface area contributed by atoms with E-state index >= 15 is 0 Å². The van der Waals surface area contributed by atoms with Crippen LogP contribution in [0.4, 0.5) is 0 Å². The number of carbonyl (C=O) groups is 1. The van der Waals surface area contributed by atoms with Crippen LogP contribution in [0, 0.1) is 13.8 Å². The van der Waals surface area contributed by atoms with Crippen LogP contribution in [-0.4, -0.2) is 20.5 Å². The number of rotatable bonds is 3. The molecule has 0 saturated heterocycles. The highest BCUT2D eigenvalue weighted by atomic mass is 16.3. The van der Waals surface area contributed by atoms with Gasteiger partial charge in [0.15, 0.2) is 5.65 Å². The van der Waals surface area contributed by atoms with Crippen LogP contribution in [0.5, 0.6) is 0 Å². The van der Waals surface area contributed by atoms with Crippen LogP contribution in [-0.2, 0) is 6.54 Å². The van der Waals surface area contributed by atoms with E-state index in [-0.39, 0.29) is 5.91 Å². The number of nitrogens with zero attached hydrogens (tertiary/aromatic N) is 3. The molecule has 24 heavy (non-hydrogen) atoms. The lowest BCUT2D eigenvalue weighted by atomic mass is 10.1. The van der Waals surface area contributed by atoms with E-state index in [1.165, 1.54) is 0 Å². The van der Waals surface area contributed by atoms with Gasteiger partial charge >= 0.3 is 0 Å². The van der Waals surface area contributed by atoms with Gasteiger partial charge in [0.1, 0.15) is 16.9 Å². The van der Waals surface area contributed by atoms with E-state index in [1.54, 1.807) is 29.9 Å². The summed E-state index contributed by atoms with van der Waals surface area (Å²) in [6, 6.07) is 9.62. The van der Waals surface area contributed by atoms with Crippen molar-refractivity contribution in [2.45, 2.75) is 20.4 Å². The van der Waals surface area contributed by atoms with Gasteiger partial charge in [-0.05, 0) is 26.0 Å². The van der Waals surface area contributed by atoms with Crippen molar-refractivity contribution < 1.29 is 9.21 Å². The Morgan fingerprint density at radius 3 is 2.92 bits per heavy atom. The molecule has 1 amide bonds. The van der Waals surface area contributed by atoms with Gasteiger partial charge in [0.2, 0.25) is 0 Å². The molecule has 120 valence electrons. The fraction of sp³-hybridized carbons (Fsp3) is 0.167. The van der Waals surface area contributed by atoms with Crippen molar-refractivity contribution in [1.29, 1.82) is 0 Å². The van der Waals surface area contributed by atoms with E-state index in [4.69, 9.17) is 4.42 Å². The first-order chi connectivity index (χ1) is 11.6. The minimum atomic E-state index is -0.207. The van der Waals surface area contributed by atoms with Gasteiger partial charge in [-0.25, -0.2) is 9.50 Å². The molecule has 6 nitrogen and oxygen atoms in total. The number of amides is 1. The summed E-state index contributed by atoms with van der Waals surface area (Å²) in [7, 11) is 0. The third-order valence-corrected chi connectivity index (χ3v) is 4.15. The minimum absolute atomic E-state index is 0.207. The summed E-state index contributed by atoms with van der Waals surface area (Å²) in [6.07, 6.45) is 3.42. The number of hydrogen-bond acceptors (Lipinski definition) is 4. The number of aromatic nitrogens is 3. The first-order valence-corrected chi connectivity index (χ1v) is 7.70. The lowest BCUT2D eigenvalue weighted by Gasteiger charge is -2.03. The molecule has 0 radical (unpaired) electrons. The smallest absolute Gasteiger partial charge is 0.257 e. The molecule has 4 rings (SSSR count). The molecule has 3 aromatic heterocycles. The number of benzene rings is 1.